The minimum Gasteiger partial charge on any atom is -0.497 e. The summed E-state index contributed by atoms with van der Waals surface area (Å²) in [5, 5.41) is 4.74. The highest BCUT2D eigenvalue weighted by molar-refractivity contribution is 5.90. The molecule has 0 radical (unpaired) electrons. The molecule has 5 nitrogen and oxygen atoms in total. The Balaban J connectivity index is 1.97. The lowest BCUT2D eigenvalue weighted by Crippen LogP contribution is -1.87. The van der Waals surface area contributed by atoms with E-state index in [0.29, 0.717) is 0 Å². The number of benzene rings is 2. The van der Waals surface area contributed by atoms with Gasteiger partial charge in [-0.15, -0.1) is 0 Å². The van der Waals surface area contributed by atoms with Crippen molar-refractivity contribution in [1.82, 2.24) is 14.6 Å². The van der Waals surface area contributed by atoms with E-state index in [4.69, 9.17) is 14.6 Å². The lowest BCUT2D eigenvalue weighted by molar-refractivity contribution is 0.415. The molecule has 0 N–H and O–H groups in total. The van der Waals surface area contributed by atoms with Crippen molar-refractivity contribution in [3.8, 4) is 33.9 Å². The molecule has 4 rings (SSSR count). The molecule has 0 saturated carbocycles. The number of hydrogen-bond acceptors (Lipinski definition) is 4. The molecule has 4 aromatic rings. The molecule has 5 heteroatoms. The largest absolute Gasteiger partial charge is 0.497 e. The van der Waals surface area contributed by atoms with Gasteiger partial charge in [-0.3, -0.25) is 0 Å². The third-order valence-corrected chi connectivity index (χ3v) is 4.12. The molecule has 0 fully saturated rings. The number of hydrogen-bond donors (Lipinski definition) is 0. The lowest BCUT2D eigenvalue weighted by Gasteiger charge is -2.06. The molecule has 0 amide bonds. The number of fused-ring (bicyclic) bond motifs is 1. The van der Waals surface area contributed by atoms with Gasteiger partial charge in [-0.1, -0.05) is 24.3 Å². The average molecular weight is 331 g/mol. The minimum atomic E-state index is 0.795. The Morgan fingerprint density at radius 3 is 2.40 bits per heavy atom. The molecule has 25 heavy (non-hydrogen) atoms. The van der Waals surface area contributed by atoms with Crippen LogP contribution in [0.25, 0.3) is 28.0 Å². The van der Waals surface area contributed by atoms with Crippen LogP contribution in [0.5, 0.6) is 11.5 Å². The van der Waals surface area contributed by atoms with E-state index in [1.54, 1.807) is 24.9 Å². The molecule has 0 bridgehead atoms. The highest BCUT2D eigenvalue weighted by atomic mass is 16.5. The van der Waals surface area contributed by atoms with E-state index in [1.807, 2.05) is 60.8 Å². The van der Waals surface area contributed by atoms with E-state index >= 15 is 0 Å². The molecule has 0 saturated heterocycles. The van der Waals surface area contributed by atoms with E-state index in [1.165, 1.54) is 0 Å². The quantitative estimate of drug-likeness (QED) is 0.565. The fraction of sp³-hybridized carbons (Fsp3) is 0.100. The Kier molecular flexibility index (Phi) is 3.82. The van der Waals surface area contributed by atoms with Gasteiger partial charge < -0.3 is 9.47 Å². The molecule has 0 atom stereocenters. The number of aromatic nitrogens is 3. The van der Waals surface area contributed by atoms with Crippen LogP contribution in [0.2, 0.25) is 0 Å². The van der Waals surface area contributed by atoms with Gasteiger partial charge in [0.05, 0.1) is 19.8 Å². The highest BCUT2D eigenvalue weighted by Crippen LogP contribution is 2.36. The maximum absolute atomic E-state index is 5.36. The Morgan fingerprint density at radius 2 is 1.64 bits per heavy atom. The van der Waals surface area contributed by atoms with Crippen LogP contribution in [0.3, 0.4) is 0 Å². The summed E-state index contributed by atoms with van der Waals surface area (Å²) in [7, 11) is 3.32. The van der Waals surface area contributed by atoms with Crippen LogP contribution in [0.1, 0.15) is 0 Å². The summed E-state index contributed by atoms with van der Waals surface area (Å²) in [5.74, 6) is 1.61. The van der Waals surface area contributed by atoms with Crippen LogP contribution in [0.15, 0.2) is 67.0 Å². The van der Waals surface area contributed by atoms with E-state index in [2.05, 4.69) is 4.98 Å². The van der Waals surface area contributed by atoms with Gasteiger partial charge in [-0.05, 0) is 35.9 Å². The smallest absolute Gasteiger partial charge is 0.163 e. The normalized spacial score (nSPS) is 10.8. The first-order valence-electron chi connectivity index (χ1n) is 7.92. The number of rotatable bonds is 4. The molecule has 124 valence electrons. The molecular weight excluding hydrogens is 314 g/mol. The van der Waals surface area contributed by atoms with Crippen molar-refractivity contribution in [2.75, 3.05) is 14.2 Å². The minimum absolute atomic E-state index is 0.795. The number of nitrogens with zero attached hydrogens (tertiary/aromatic N) is 3. The van der Waals surface area contributed by atoms with Gasteiger partial charge >= 0.3 is 0 Å². The molecule has 0 unspecified atom stereocenters. The predicted molar refractivity (Wildman–Crippen MR) is 97.0 cm³/mol. The summed E-state index contributed by atoms with van der Waals surface area (Å²) in [4.78, 5) is 4.53. The SMILES string of the molecule is COc1ccc(-c2c(-c3cccc(OC)c3)nn3cccnc23)cc1. The highest BCUT2D eigenvalue weighted by Gasteiger charge is 2.17. The van der Waals surface area contributed by atoms with Crippen molar-refractivity contribution in [1.29, 1.82) is 0 Å². The standard InChI is InChI=1S/C20H17N3O2/c1-24-16-9-7-14(8-10-16)18-19(15-5-3-6-17(13-15)25-2)22-23-12-4-11-21-20(18)23/h3-13H,1-2H3. The van der Waals surface area contributed by atoms with Crippen molar-refractivity contribution in [3.63, 3.8) is 0 Å². The summed E-state index contributed by atoms with van der Waals surface area (Å²) in [6.07, 6.45) is 3.68. The zero-order valence-electron chi connectivity index (χ0n) is 14.0. The first kappa shape index (κ1) is 15.2. The first-order chi connectivity index (χ1) is 12.3. The molecular formula is C20H17N3O2. The van der Waals surface area contributed by atoms with Gasteiger partial charge in [-0.25, -0.2) is 9.50 Å². The Labute approximate surface area is 145 Å². The van der Waals surface area contributed by atoms with Crippen molar-refractivity contribution in [2.45, 2.75) is 0 Å². The lowest BCUT2D eigenvalue weighted by atomic mass is 10.0. The molecule has 2 heterocycles. The maximum atomic E-state index is 5.36. The third-order valence-electron chi connectivity index (χ3n) is 4.12. The Morgan fingerprint density at radius 1 is 0.840 bits per heavy atom. The van der Waals surface area contributed by atoms with Gasteiger partial charge in [0.15, 0.2) is 5.65 Å². The second-order valence-corrected chi connectivity index (χ2v) is 5.57. The zero-order chi connectivity index (χ0) is 17.2. The summed E-state index contributed by atoms with van der Waals surface area (Å²) in [5.41, 5.74) is 4.67. The number of ether oxygens (including phenoxy) is 2. The molecule has 0 aliphatic heterocycles. The second kappa shape index (κ2) is 6.28. The molecule has 0 aliphatic rings. The van der Waals surface area contributed by atoms with Gasteiger partial charge in [0.2, 0.25) is 0 Å². The topological polar surface area (TPSA) is 48.7 Å². The molecule has 2 aromatic heterocycles. The molecule has 0 aliphatic carbocycles. The Bertz CT molecular complexity index is 1020. The van der Waals surface area contributed by atoms with Gasteiger partial charge in [0, 0.05) is 18.0 Å². The zero-order valence-corrected chi connectivity index (χ0v) is 14.0. The molecule has 0 spiro atoms. The fourth-order valence-corrected chi connectivity index (χ4v) is 2.88. The number of methoxy groups -OCH3 is 2. The van der Waals surface area contributed by atoms with E-state index in [0.717, 1.165) is 39.5 Å². The van der Waals surface area contributed by atoms with Gasteiger partial charge in [0.25, 0.3) is 0 Å². The fourth-order valence-electron chi connectivity index (χ4n) is 2.88. The van der Waals surface area contributed by atoms with Crippen LogP contribution < -0.4 is 9.47 Å². The summed E-state index contributed by atoms with van der Waals surface area (Å²) in [6, 6.07) is 17.7. The van der Waals surface area contributed by atoms with Gasteiger partial charge in [-0.2, -0.15) is 5.10 Å². The van der Waals surface area contributed by atoms with Crippen molar-refractivity contribution in [2.24, 2.45) is 0 Å². The van der Waals surface area contributed by atoms with Crippen molar-refractivity contribution in [3.05, 3.63) is 67.0 Å². The summed E-state index contributed by atoms with van der Waals surface area (Å²) >= 11 is 0. The van der Waals surface area contributed by atoms with Crippen LogP contribution in [-0.4, -0.2) is 28.8 Å². The van der Waals surface area contributed by atoms with Crippen LogP contribution in [-0.2, 0) is 0 Å². The van der Waals surface area contributed by atoms with Crippen molar-refractivity contribution < 1.29 is 9.47 Å². The first-order valence-corrected chi connectivity index (χ1v) is 7.92. The van der Waals surface area contributed by atoms with E-state index in [9.17, 15) is 0 Å². The van der Waals surface area contributed by atoms with Crippen LogP contribution in [0, 0.1) is 0 Å². The van der Waals surface area contributed by atoms with E-state index in [-0.39, 0.29) is 0 Å². The average Bonchev–Trinajstić information content (AvgIpc) is 3.07. The monoisotopic (exact) mass is 331 g/mol. The second-order valence-electron chi connectivity index (χ2n) is 5.57. The van der Waals surface area contributed by atoms with Gasteiger partial charge in [0.1, 0.15) is 17.2 Å². The summed E-state index contributed by atoms with van der Waals surface area (Å²) in [6.45, 7) is 0. The predicted octanol–water partition coefficient (Wildman–Crippen LogP) is 4.08. The molecule has 2 aromatic carbocycles. The van der Waals surface area contributed by atoms with Crippen LogP contribution in [0.4, 0.5) is 0 Å². The Hall–Kier alpha value is -3.34. The third kappa shape index (κ3) is 2.70. The summed E-state index contributed by atoms with van der Waals surface area (Å²) < 4.78 is 12.4. The van der Waals surface area contributed by atoms with E-state index < -0.39 is 0 Å². The van der Waals surface area contributed by atoms with Crippen LogP contribution >= 0.6 is 0 Å². The maximum Gasteiger partial charge on any atom is 0.163 e. The van der Waals surface area contributed by atoms with Crippen molar-refractivity contribution >= 4 is 5.65 Å².